The topological polar surface area (TPSA) is 12.0 Å². The van der Waals surface area contributed by atoms with E-state index >= 15 is 0 Å². The quantitative estimate of drug-likeness (QED) is 0.681. The van der Waals surface area contributed by atoms with Gasteiger partial charge in [-0.25, -0.2) is 0 Å². The molecule has 1 nitrogen and oxygen atoms in total. The number of rotatable bonds is 4. The molecule has 0 aliphatic heterocycles. The van der Waals surface area contributed by atoms with Crippen molar-refractivity contribution in [1.82, 2.24) is 5.32 Å². The molecular weight excluding hydrogens is 380 g/mol. The number of halogens is 4. The second-order valence-corrected chi connectivity index (χ2v) is 6.58. The Bertz CT molecular complexity index is 616. The first-order chi connectivity index (χ1) is 9.51. The van der Waals surface area contributed by atoms with Crippen LogP contribution < -0.4 is 5.32 Å². The Hall–Kier alpha value is -0.250. The predicted molar refractivity (Wildman–Crippen MR) is 91.1 cm³/mol. The Morgan fingerprint density at radius 2 is 1.70 bits per heavy atom. The number of likely N-dealkylation sites (N-methyl/N-ethyl adjacent to an activating group) is 1. The third-order valence-electron chi connectivity index (χ3n) is 3.12. The molecule has 0 heterocycles. The maximum atomic E-state index is 6.23. The molecule has 0 aliphatic carbocycles. The zero-order valence-corrected chi connectivity index (χ0v) is 14.6. The van der Waals surface area contributed by atoms with Gasteiger partial charge in [0.15, 0.2) is 0 Å². The summed E-state index contributed by atoms with van der Waals surface area (Å²) in [5.74, 6) is 0. The zero-order valence-electron chi connectivity index (χ0n) is 10.8. The van der Waals surface area contributed by atoms with Gasteiger partial charge in [-0.15, -0.1) is 0 Å². The second kappa shape index (κ2) is 7.15. The molecule has 1 atom stereocenters. The summed E-state index contributed by atoms with van der Waals surface area (Å²) in [6.45, 7) is 0. The molecule has 20 heavy (non-hydrogen) atoms. The first kappa shape index (κ1) is 16.1. The Kier molecular flexibility index (Phi) is 5.76. The summed E-state index contributed by atoms with van der Waals surface area (Å²) >= 11 is 21.8. The van der Waals surface area contributed by atoms with Crippen molar-refractivity contribution < 1.29 is 0 Å². The van der Waals surface area contributed by atoms with Crippen LogP contribution in [0.2, 0.25) is 15.1 Å². The fourth-order valence-electron chi connectivity index (χ4n) is 2.07. The average Bonchev–Trinajstić information content (AvgIpc) is 2.40. The van der Waals surface area contributed by atoms with E-state index in [0.29, 0.717) is 10.0 Å². The Labute approximate surface area is 142 Å². The predicted octanol–water partition coefficient (Wildman–Crippen LogP) is 5.91. The molecular formula is C15H13BrCl3N. The molecule has 0 amide bonds. The van der Waals surface area contributed by atoms with Crippen LogP contribution in [0.3, 0.4) is 0 Å². The largest absolute Gasteiger partial charge is 0.313 e. The molecule has 0 saturated carbocycles. The van der Waals surface area contributed by atoms with Gasteiger partial charge in [-0.2, -0.15) is 0 Å². The highest BCUT2D eigenvalue weighted by Gasteiger charge is 2.15. The number of hydrogen-bond acceptors (Lipinski definition) is 1. The standard InChI is InChI=1S/C15H13BrCl3N/c1-20-15(12-4-2-11(18)8-13(12)16)7-9-6-10(17)3-5-14(9)19/h2-6,8,15,20H,7H2,1H3. The van der Waals surface area contributed by atoms with Crippen LogP contribution in [0.1, 0.15) is 17.2 Å². The molecule has 1 N–H and O–H groups in total. The minimum Gasteiger partial charge on any atom is -0.313 e. The van der Waals surface area contributed by atoms with Crippen molar-refractivity contribution in [2.45, 2.75) is 12.5 Å². The van der Waals surface area contributed by atoms with Gasteiger partial charge in [0.25, 0.3) is 0 Å². The van der Waals surface area contributed by atoms with Crippen molar-refractivity contribution in [2.24, 2.45) is 0 Å². The van der Waals surface area contributed by atoms with Crippen LogP contribution in [0, 0.1) is 0 Å². The summed E-state index contributed by atoms with van der Waals surface area (Å²) < 4.78 is 0.975. The van der Waals surface area contributed by atoms with Crippen LogP contribution >= 0.6 is 50.7 Å². The van der Waals surface area contributed by atoms with Gasteiger partial charge in [-0.05, 0) is 54.9 Å². The molecule has 2 aromatic carbocycles. The highest BCUT2D eigenvalue weighted by molar-refractivity contribution is 9.10. The first-order valence-corrected chi connectivity index (χ1v) is 8.00. The van der Waals surface area contributed by atoms with Gasteiger partial charge in [0.1, 0.15) is 0 Å². The molecule has 0 fully saturated rings. The fraction of sp³-hybridized carbons (Fsp3) is 0.200. The number of nitrogens with one attached hydrogen (secondary N) is 1. The van der Waals surface area contributed by atoms with Crippen LogP contribution in [0.15, 0.2) is 40.9 Å². The van der Waals surface area contributed by atoms with E-state index in [2.05, 4.69) is 21.2 Å². The van der Waals surface area contributed by atoms with E-state index in [-0.39, 0.29) is 6.04 Å². The summed E-state index contributed by atoms with van der Waals surface area (Å²) in [6, 6.07) is 11.4. The van der Waals surface area contributed by atoms with Crippen LogP contribution in [0.25, 0.3) is 0 Å². The van der Waals surface area contributed by atoms with E-state index in [1.807, 2.05) is 37.4 Å². The van der Waals surface area contributed by atoms with Crippen LogP contribution in [0.5, 0.6) is 0 Å². The molecule has 0 radical (unpaired) electrons. The minimum atomic E-state index is 0.123. The summed E-state index contributed by atoms with van der Waals surface area (Å²) in [6.07, 6.45) is 0.746. The lowest BCUT2D eigenvalue weighted by Gasteiger charge is -2.19. The molecule has 0 bridgehead atoms. The van der Waals surface area contributed by atoms with Gasteiger partial charge < -0.3 is 5.32 Å². The van der Waals surface area contributed by atoms with Crippen molar-refractivity contribution in [2.75, 3.05) is 7.05 Å². The van der Waals surface area contributed by atoms with Gasteiger partial charge in [-0.1, -0.05) is 56.8 Å². The monoisotopic (exact) mass is 391 g/mol. The molecule has 2 aromatic rings. The minimum absolute atomic E-state index is 0.123. The Balaban J connectivity index is 2.31. The Morgan fingerprint density at radius 1 is 1.05 bits per heavy atom. The fourth-order valence-corrected chi connectivity index (χ4v) is 3.42. The summed E-state index contributed by atoms with van der Waals surface area (Å²) in [4.78, 5) is 0. The first-order valence-electron chi connectivity index (χ1n) is 6.07. The molecule has 2 rings (SSSR count). The van der Waals surface area contributed by atoms with Crippen LogP contribution in [-0.4, -0.2) is 7.05 Å². The highest BCUT2D eigenvalue weighted by atomic mass is 79.9. The third-order valence-corrected chi connectivity index (χ3v) is 4.64. The smallest absolute Gasteiger partial charge is 0.0439 e. The van der Waals surface area contributed by atoms with Gasteiger partial charge in [-0.3, -0.25) is 0 Å². The van der Waals surface area contributed by atoms with E-state index < -0.39 is 0 Å². The van der Waals surface area contributed by atoms with Crippen molar-refractivity contribution in [3.05, 3.63) is 67.1 Å². The summed E-state index contributed by atoms with van der Waals surface area (Å²) in [5.41, 5.74) is 2.15. The van der Waals surface area contributed by atoms with Crippen molar-refractivity contribution in [3.63, 3.8) is 0 Å². The van der Waals surface area contributed by atoms with E-state index in [0.717, 1.165) is 27.0 Å². The number of hydrogen-bond donors (Lipinski definition) is 1. The van der Waals surface area contributed by atoms with E-state index in [1.165, 1.54) is 0 Å². The lowest BCUT2D eigenvalue weighted by Crippen LogP contribution is -2.19. The molecule has 106 valence electrons. The van der Waals surface area contributed by atoms with E-state index in [4.69, 9.17) is 34.8 Å². The summed E-state index contributed by atoms with van der Waals surface area (Å²) in [5, 5.41) is 5.42. The average molecular weight is 394 g/mol. The van der Waals surface area contributed by atoms with Gasteiger partial charge in [0.2, 0.25) is 0 Å². The number of benzene rings is 2. The van der Waals surface area contributed by atoms with Crippen LogP contribution in [0.4, 0.5) is 0 Å². The molecule has 0 aromatic heterocycles. The van der Waals surface area contributed by atoms with Crippen LogP contribution in [-0.2, 0) is 6.42 Å². The Morgan fingerprint density at radius 3 is 2.35 bits per heavy atom. The van der Waals surface area contributed by atoms with E-state index in [9.17, 15) is 0 Å². The normalized spacial score (nSPS) is 12.4. The zero-order chi connectivity index (χ0) is 14.7. The molecule has 1 unspecified atom stereocenters. The van der Waals surface area contributed by atoms with Crippen molar-refractivity contribution in [1.29, 1.82) is 0 Å². The van der Waals surface area contributed by atoms with Gasteiger partial charge in [0.05, 0.1) is 0 Å². The molecule has 0 spiro atoms. The molecule has 0 aliphatic rings. The lowest BCUT2D eigenvalue weighted by atomic mass is 9.99. The second-order valence-electron chi connectivity index (χ2n) is 4.45. The van der Waals surface area contributed by atoms with Crippen molar-refractivity contribution >= 4 is 50.7 Å². The maximum absolute atomic E-state index is 6.23. The highest BCUT2D eigenvalue weighted by Crippen LogP contribution is 2.31. The van der Waals surface area contributed by atoms with E-state index in [1.54, 1.807) is 6.07 Å². The SMILES string of the molecule is CNC(Cc1cc(Cl)ccc1Cl)c1ccc(Cl)cc1Br. The maximum Gasteiger partial charge on any atom is 0.0439 e. The third kappa shape index (κ3) is 3.90. The summed E-state index contributed by atoms with van der Waals surface area (Å²) in [7, 11) is 1.92. The van der Waals surface area contributed by atoms with Gasteiger partial charge in [0, 0.05) is 25.6 Å². The molecule has 5 heteroatoms. The van der Waals surface area contributed by atoms with Crippen molar-refractivity contribution in [3.8, 4) is 0 Å². The molecule has 0 saturated heterocycles. The lowest BCUT2D eigenvalue weighted by molar-refractivity contribution is 0.590. The van der Waals surface area contributed by atoms with Gasteiger partial charge >= 0.3 is 0 Å².